The van der Waals surface area contributed by atoms with Crippen molar-refractivity contribution >= 4 is 17.7 Å². The minimum absolute atomic E-state index is 0.442. The van der Waals surface area contributed by atoms with Crippen LogP contribution in [0.2, 0.25) is 0 Å². The lowest BCUT2D eigenvalue weighted by atomic mass is 10.0. The third kappa shape index (κ3) is 4.70. The van der Waals surface area contributed by atoms with Gasteiger partial charge in [-0.25, -0.2) is 0 Å². The fourth-order valence-corrected chi connectivity index (χ4v) is 2.57. The lowest BCUT2D eigenvalue weighted by Gasteiger charge is -2.11. The standard InChI is InChI=1S/C14H21NO2S/c1-10(7-8-15)18-9-12-3-5-13(6-4-12)11(2)14(16)17/h3-6,10-11H,7-9,15H2,1-2H3,(H,16,17). The summed E-state index contributed by atoms with van der Waals surface area (Å²) < 4.78 is 0. The van der Waals surface area contributed by atoms with Gasteiger partial charge in [-0.2, -0.15) is 11.8 Å². The molecule has 18 heavy (non-hydrogen) atoms. The number of carbonyl (C=O) groups is 1. The highest BCUT2D eigenvalue weighted by Crippen LogP contribution is 2.22. The molecule has 0 aliphatic heterocycles. The molecule has 0 amide bonds. The predicted molar refractivity (Wildman–Crippen MR) is 76.9 cm³/mol. The average Bonchev–Trinajstić information content (AvgIpc) is 2.36. The quantitative estimate of drug-likeness (QED) is 0.797. The van der Waals surface area contributed by atoms with E-state index >= 15 is 0 Å². The van der Waals surface area contributed by atoms with Crippen molar-refractivity contribution in [1.29, 1.82) is 0 Å². The molecule has 0 heterocycles. The number of hydrogen-bond donors (Lipinski definition) is 2. The molecule has 1 aromatic rings. The second-order valence-corrected chi connectivity index (χ2v) is 5.93. The number of thioether (sulfide) groups is 1. The van der Waals surface area contributed by atoms with Gasteiger partial charge in [0.1, 0.15) is 0 Å². The van der Waals surface area contributed by atoms with E-state index in [4.69, 9.17) is 10.8 Å². The van der Waals surface area contributed by atoms with Crippen molar-refractivity contribution in [3.8, 4) is 0 Å². The number of nitrogens with two attached hydrogens (primary N) is 1. The van der Waals surface area contributed by atoms with Gasteiger partial charge in [-0.15, -0.1) is 0 Å². The lowest BCUT2D eigenvalue weighted by molar-refractivity contribution is -0.138. The number of carboxylic acid groups (broad SMARTS) is 1. The van der Waals surface area contributed by atoms with Gasteiger partial charge in [0, 0.05) is 11.0 Å². The second-order valence-electron chi connectivity index (χ2n) is 4.50. The van der Waals surface area contributed by atoms with E-state index in [1.54, 1.807) is 6.92 Å². The Morgan fingerprint density at radius 1 is 1.33 bits per heavy atom. The highest BCUT2D eigenvalue weighted by Gasteiger charge is 2.13. The molecule has 0 fully saturated rings. The second kappa shape index (κ2) is 7.44. The average molecular weight is 267 g/mol. The Morgan fingerprint density at radius 2 is 1.94 bits per heavy atom. The molecule has 0 aliphatic carbocycles. The molecule has 100 valence electrons. The first-order valence-electron chi connectivity index (χ1n) is 6.18. The first-order chi connectivity index (χ1) is 8.54. The summed E-state index contributed by atoms with van der Waals surface area (Å²) in [6, 6.07) is 7.83. The van der Waals surface area contributed by atoms with Crippen molar-refractivity contribution in [3.63, 3.8) is 0 Å². The number of benzene rings is 1. The van der Waals surface area contributed by atoms with Gasteiger partial charge in [0.25, 0.3) is 0 Å². The summed E-state index contributed by atoms with van der Waals surface area (Å²) in [5.74, 6) is -0.278. The summed E-state index contributed by atoms with van der Waals surface area (Å²) in [7, 11) is 0. The van der Waals surface area contributed by atoms with Crippen molar-refractivity contribution < 1.29 is 9.90 Å². The van der Waals surface area contributed by atoms with Crippen LogP contribution in [0.15, 0.2) is 24.3 Å². The Hall–Kier alpha value is -1.00. The van der Waals surface area contributed by atoms with Crippen LogP contribution in [-0.2, 0) is 10.5 Å². The molecule has 3 nitrogen and oxygen atoms in total. The number of carboxylic acids is 1. The maximum Gasteiger partial charge on any atom is 0.310 e. The van der Waals surface area contributed by atoms with Crippen LogP contribution >= 0.6 is 11.8 Å². The molecule has 0 aliphatic rings. The van der Waals surface area contributed by atoms with E-state index in [1.807, 2.05) is 36.0 Å². The van der Waals surface area contributed by atoms with Crippen LogP contribution in [0.25, 0.3) is 0 Å². The first-order valence-corrected chi connectivity index (χ1v) is 7.22. The molecule has 2 atom stereocenters. The molecular formula is C14H21NO2S. The van der Waals surface area contributed by atoms with Crippen LogP contribution in [0.5, 0.6) is 0 Å². The zero-order valence-corrected chi connectivity index (χ0v) is 11.7. The Balaban J connectivity index is 2.53. The zero-order chi connectivity index (χ0) is 13.5. The van der Waals surface area contributed by atoms with Gasteiger partial charge in [-0.1, -0.05) is 31.2 Å². The van der Waals surface area contributed by atoms with Crippen LogP contribution in [-0.4, -0.2) is 22.9 Å². The van der Waals surface area contributed by atoms with E-state index in [2.05, 4.69) is 6.92 Å². The van der Waals surface area contributed by atoms with Crippen molar-refractivity contribution in [1.82, 2.24) is 0 Å². The van der Waals surface area contributed by atoms with E-state index in [-0.39, 0.29) is 0 Å². The smallest absolute Gasteiger partial charge is 0.310 e. The SMILES string of the molecule is CC(CCN)SCc1ccc(C(C)C(=O)O)cc1. The fourth-order valence-electron chi connectivity index (χ4n) is 1.60. The summed E-state index contributed by atoms with van der Waals surface area (Å²) >= 11 is 1.88. The first kappa shape index (κ1) is 15.1. The molecule has 0 spiro atoms. The van der Waals surface area contributed by atoms with Gasteiger partial charge < -0.3 is 10.8 Å². The molecule has 0 aromatic heterocycles. The molecule has 1 aromatic carbocycles. The molecule has 0 saturated heterocycles. The lowest BCUT2D eigenvalue weighted by Crippen LogP contribution is -2.08. The van der Waals surface area contributed by atoms with Crippen molar-refractivity contribution in [2.45, 2.75) is 37.2 Å². The Kier molecular flexibility index (Phi) is 6.22. The van der Waals surface area contributed by atoms with E-state index in [0.29, 0.717) is 5.25 Å². The maximum atomic E-state index is 10.9. The van der Waals surface area contributed by atoms with E-state index in [0.717, 1.165) is 24.3 Å². The Labute approximate surface area is 113 Å². The van der Waals surface area contributed by atoms with Gasteiger partial charge in [-0.3, -0.25) is 4.79 Å². The van der Waals surface area contributed by atoms with Crippen LogP contribution in [0.3, 0.4) is 0 Å². The summed E-state index contributed by atoms with van der Waals surface area (Å²) in [5, 5.41) is 9.49. The topological polar surface area (TPSA) is 63.3 Å². The van der Waals surface area contributed by atoms with Gasteiger partial charge >= 0.3 is 5.97 Å². The Morgan fingerprint density at radius 3 is 2.44 bits per heavy atom. The normalized spacial score (nSPS) is 14.2. The van der Waals surface area contributed by atoms with Crippen LogP contribution in [0.1, 0.15) is 37.3 Å². The van der Waals surface area contributed by atoms with E-state index in [1.165, 1.54) is 5.56 Å². The molecule has 1 rings (SSSR count). The van der Waals surface area contributed by atoms with Gasteiger partial charge in [0.05, 0.1) is 5.92 Å². The largest absolute Gasteiger partial charge is 0.481 e. The minimum Gasteiger partial charge on any atom is -0.481 e. The van der Waals surface area contributed by atoms with Gasteiger partial charge in [0.15, 0.2) is 0 Å². The highest BCUT2D eigenvalue weighted by molar-refractivity contribution is 7.99. The zero-order valence-electron chi connectivity index (χ0n) is 10.9. The van der Waals surface area contributed by atoms with Crippen molar-refractivity contribution in [2.75, 3.05) is 6.54 Å². The number of rotatable bonds is 7. The third-order valence-corrected chi connectivity index (χ3v) is 4.26. The molecule has 3 N–H and O–H groups in total. The van der Waals surface area contributed by atoms with Crippen LogP contribution < -0.4 is 5.73 Å². The van der Waals surface area contributed by atoms with Crippen LogP contribution in [0, 0.1) is 0 Å². The monoisotopic (exact) mass is 267 g/mol. The van der Waals surface area contributed by atoms with Crippen LogP contribution in [0.4, 0.5) is 0 Å². The number of hydrogen-bond acceptors (Lipinski definition) is 3. The summed E-state index contributed by atoms with van der Waals surface area (Å²) in [4.78, 5) is 10.9. The third-order valence-electron chi connectivity index (χ3n) is 2.96. The fraction of sp³-hybridized carbons (Fsp3) is 0.500. The van der Waals surface area contributed by atoms with E-state index in [9.17, 15) is 4.79 Å². The Bertz CT molecular complexity index is 378. The molecule has 0 saturated carbocycles. The highest BCUT2D eigenvalue weighted by atomic mass is 32.2. The summed E-state index contributed by atoms with van der Waals surface area (Å²) in [5.41, 5.74) is 7.59. The molecule has 4 heteroatoms. The molecule has 0 bridgehead atoms. The predicted octanol–water partition coefficient (Wildman–Crippen LogP) is 2.85. The number of aliphatic carboxylic acids is 1. The molecule has 2 unspecified atom stereocenters. The van der Waals surface area contributed by atoms with Crippen molar-refractivity contribution in [3.05, 3.63) is 35.4 Å². The van der Waals surface area contributed by atoms with Gasteiger partial charge in [0.2, 0.25) is 0 Å². The van der Waals surface area contributed by atoms with Crippen molar-refractivity contribution in [2.24, 2.45) is 5.73 Å². The minimum atomic E-state index is -0.784. The molecular weight excluding hydrogens is 246 g/mol. The maximum absolute atomic E-state index is 10.9. The van der Waals surface area contributed by atoms with Gasteiger partial charge in [-0.05, 0) is 31.0 Å². The molecule has 0 radical (unpaired) electrons. The van der Waals surface area contributed by atoms with E-state index < -0.39 is 11.9 Å². The summed E-state index contributed by atoms with van der Waals surface area (Å²) in [6.07, 6.45) is 1.03. The summed E-state index contributed by atoms with van der Waals surface area (Å²) in [6.45, 7) is 4.61.